The van der Waals surface area contributed by atoms with Crippen LogP contribution in [0.4, 0.5) is 0 Å². The van der Waals surface area contributed by atoms with Gasteiger partial charge in [-0.15, -0.1) is 0 Å². The van der Waals surface area contributed by atoms with E-state index in [-0.39, 0.29) is 17.2 Å². The van der Waals surface area contributed by atoms with E-state index < -0.39 is 0 Å². The Balaban J connectivity index is 1.34. The molecule has 2 heterocycles. The lowest BCUT2D eigenvalue weighted by Crippen LogP contribution is -2.51. The fourth-order valence-electron chi connectivity index (χ4n) is 4.85. The summed E-state index contributed by atoms with van der Waals surface area (Å²) in [6.45, 7) is 1.42. The summed E-state index contributed by atoms with van der Waals surface area (Å²) in [5.74, 6) is 0.776. The third kappa shape index (κ3) is 3.54. The van der Waals surface area contributed by atoms with Crippen molar-refractivity contribution in [3.05, 3.63) is 53.9 Å². The van der Waals surface area contributed by atoms with Crippen LogP contribution in [0, 0.1) is 11.3 Å². The molecule has 150 valence electrons. The Bertz CT molecular complexity index is 995. The van der Waals surface area contributed by atoms with E-state index >= 15 is 0 Å². The minimum absolute atomic E-state index is 0.118. The molecule has 5 nitrogen and oxygen atoms in total. The lowest BCUT2D eigenvalue weighted by atomic mass is 9.69. The number of amides is 2. The average Bonchev–Trinajstić information content (AvgIpc) is 3.58. The molecule has 1 N–H and O–H groups in total. The number of hydrogen-bond donors (Lipinski definition) is 1. The molecular weight excluding hydrogens is 362 g/mol. The van der Waals surface area contributed by atoms with Gasteiger partial charge in [0.2, 0.25) is 5.91 Å². The van der Waals surface area contributed by atoms with E-state index in [1.54, 1.807) is 6.07 Å². The Kier molecular flexibility index (Phi) is 4.61. The van der Waals surface area contributed by atoms with Gasteiger partial charge >= 0.3 is 0 Å². The number of fused-ring (bicyclic) bond motifs is 2. The molecule has 29 heavy (non-hydrogen) atoms. The highest BCUT2D eigenvalue weighted by molar-refractivity contribution is 5.95. The molecule has 1 saturated heterocycles. The average molecular weight is 389 g/mol. The molecule has 0 spiro atoms. The minimum atomic E-state index is -0.138. The molecule has 5 rings (SSSR count). The van der Waals surface area contributed by atoms with Crippen molar-refractivity contribution in [1.29, 1.82) is 0 Å². The number of pyridine rings is 1. The predicted molar refractivity (Wildman–Crippen MR) is 112 cm³/mol. The van der Waals surface area contributed by atoms with Crippen molar-refractivity contribution in [2.24, 2.45) is 11.3 Å². The summed E-state index contributed by atoms with van der Waals surface area (Å²) >= 11 is 0. The topological polar surface area (TPSA) is 62.3 Å². The second-order valence-corrected chi connectivity index (χ2v) is 8.78. The number of likely N-dealkylation sites (tertiary alicyclic amines) is 1. The number of benzene rings is 1. The van der Waals surface area contributed by atoms with Crippen LogP contribution in [0.2, 0.25) is 0 Å². The maximum Gasteiger partial charge on any atom is 0.269 e. The van der Waals surface area contributed by atoms with Crippen molar-refractivity contribution < 1.29 is 9.59 Å². The van der Waals surface area contributed by atoms with Gasteiger partial charge in [-0.25, -0.2) is 4.98 Å². The number of allylic oxidation sites excluding steroid dienone is 1. The molecule has 2 aromatic rings. The summed E-state index contributed by atoms with van der Waals surface area (Å²) in [7, 11) is 0. The smallest absolute Gasteiger partial charge is 0.269 e. The van der Waals surface area contributed by atoms with Gasteiger partial charge in [-0.1, -0.05) is 30.3 Å². The summed E-state index contributed by atoms with van der Waals surface area (Å²) in [6, 6.07) is 11.6. The van der Waals surface area contributed by atoms with Crippen LogP contribution >= 0.6 is 0 Å². The molecule has 1 unspecified atom stereocenters. The first-order chi connectivity index (χ1) is 14.1. The SMILES string of the molecule is O=C(NCC12CCCC=C1N(CC1CC1)C(=O)CC2)c1ccc2ccccc2n1. The van der Waals surface area contributed by atoms with E-state index in [9.17, 15) is 9.59 Å². The van der Waals surface area contributed by atoms with E-state index in [2.05, 4.69) is 16.4 Å². The fourth-order valence-corrected chi connectivity index (χ4v) is 4.85. The first-order valence-electron chi connectivity index (χ1n) is 10.8. The number of piperidine rings is 1. The molecule has 2 fully saturated rings. The number of nitrogens with one attached hydrogen (secondary N) is 1. The van der Waals surface area contributed by atoms with Crippen molar-refractivity contribution in [3.8, 4) is 0 Å². The van der Waals surface area contributed by atoms with Gasteiger partial charge in [0.05, 0.1) is 5.52 Å². The van der Waals surface area contributed by atoms with Crippen molar-refractivity contribution in [2.45, 2.75) is 44.9 Å². The standard InChI is InChI=1S/C24H27N3O2/c28-22-12-14-24(13-4-3-7-21(24)27(22)15-17-8-9-17)16-25-23(29)20-11-10-18-5-1-2-6-19(18)26-20/h1-2,5-7,10-11,17H,3-4,8-9,12-16H2,(H,25,29). The molecule has 2 aliphatic carbocycles. The van der Waals surface area contributed by atoms with Crippen molar-refractivity contribution in [2.75, 3.05) is 13.1 Å². The van der Waals surface area contributed by atoms with Crippen LogP contribution in [0.1, 0.15) is 55.4 Å². The normalized spacial score (nSPS) is 24.2. The second kappa shape index (κ2) is 7.29. The molecule has 2 amide bonds. The molecule has 1 aliphatic heterocycles. The molecular formula is C24H27N3O2. The van der Waals surface area contributed by atoms with Gasteiger partial charge in [0.25, 0.3) is 5.91 Å². The molecule has 0 bridgehead atoms. The minimum Gasteiger partial charge on any atom is -0.350 e. The van der Waals surface area contributed by atoms with E-state index in [1.165, 1.54) is 18.5 Å². The Hall–Kier alpha value is -2.69. The molecule has 1 aromatic carbocycles. The highest BCUT2D eigenvalue weighted by Gasteiger charge is 2.45. The van der Waals surface area contributed by atoms with Crippen molar-refractivity contribution >= 4 is 22.7 Å². The van der Waals surface area contributed by atoms with Crippen LogP contribution in [0.25, 0.3) is 10.9 Å². The monoisotopic (exact) mass is 389 g/mol. The molecule has 5 heteroatoms. The van der Waals surface area contributed by atoms with Crippen molar-refractivity contribution in [3.63, 3.8) is 0 Å². The Morgan fingerprint density at radius 1 is 1.17 bits per heavy atom. The Morgan fingerprint density at radius 2 is 2.03 bits per heavy atom. The molecule has 1 aromatic heterocycles. The zero-order valence-corrected chi connectivity index (χ0v) is 16.7. The largest absolute Gasteiger partial charge is 0.350 e. The lowest BCUT2D eigenvalue weighted by Gasteiger charge is -2.47. The maximum absolute atomic E-state index is 12.9. The summed E-state index contributed by atoms with van der Waals surface area (Å²) < 4.78 is 0. The number of para-hydroxylation sites is 1. The first kappa shape index (κ1) is 18.3. The molecule has 3 aliphatic rings. The van der Waals surface area contributed by atoms with Crippen LogP contribution in [-0.4, -0.2) is 34.8 Å². The van der Waals surface area contributed by atoms with Gasteiger partial charge in [-0.2, -0.15) is 0 Å². The maximum atomic E-state index is 12.9. The summed E-state index contributed by atoms with van der Waals surface area (Å²) in [5, 5.41) is 4.18. The molecule has 1 atom stereocenters. The van der Waals surface area contributed by atoms with Gasteiger partial charge in [0.15, 0.2) is 0 Å². The summed E-state index contributed by atoms with van der Waals surface area (Å²) in [6.07, 6.45) is 9.27. The highest BCUT2D eigenvalue weighted by Crippen LogP contribution is 2.47. The quantitative estimate of drug-likeness (QED) is 0.839. The number of nitrogens with zero attached hydrogens (tertiary/aromatic N) is 2. The van der Waals surface area contributed by atoms with E-state index in [0.717, 1.165) is 43.1 Å². The van der Waals surface area contributed by atoms with E-state index in [1.807, 2.05) is 35.2 Å². The Morgan fingerprint density at radius 3 is 2.90 bits per heavy atom. The number of aromatic nitrogens is 1. The van der Waals surface area contributed by atoms with Crippen LogP contribution < -0.4 is 5.32 Å². The number of carbonyl (C=O) groups excluding carboxylic acids is 2. The first-order valence-corrected chi connectivity index (χ1v) is 10.8. The second-order valence-electron chi connectivity index (χ2n) is 8.78. The Labute approximate surface area is 171 Å². The van der Waals surface area contributed by atoms with Crippen molar-refractivity contribution in [1.82, 2.24) is 15.2 Å². The fraction of sp³-hybridized carbons (Fsp3) is 0.458. The van der Waals surface area contributed by atoms with Gasteiger partial charge in [-0.3, -0.25) is 9.59 Å². The summed E-state index contributed by atoms with van der Waals surface area (Å²) in [5.41, 5.74) is 2.32. The molecule has 1 saturated carbocycles. The van der Waals surface area contributed by atoms with Crippen LogP contribution in [0.5, 0.6) is 0 Å². The third-order valence-electron chi connectivity index (χ3n) is 6.71. The van der Waals surface area contributed by atoms with Gasteiger partial charge in [0.1, 0.15) is 5.69 Å². The van der Waals surface area contributed by atoms with Gasteiger partial charge in [-0.05, 0) is 56.6 Å². The molecule has 0 radical (unpaired) electrons. The van der Waals surface area contributed by atoms with Crippen LogP contribution in [-0.2, 0) is 4.79 Å². The third-order valence-corrected chi connectivity index (χ3v) is 6.71. The van der Waals surface area contributed by atoms with Gasteiger partial charge < -0.3 is 10.2 Å². The van der Waals surface area contributed by atoms with E-state index in [0.29, 0.717) is 24.6 Å². The van der Waals surface area contributed by atoms with Crippen LogP contribution in [0.15, 0.2) is 48.2 Å². The zero-order chi connectivity index (χ0) is 19.8. The lowest BCUT2D eigenvalue weighted by molar-refractivity contribution is -0.134. The number of rotatable bonds is 5. The number of carbonyl (C=O) groups is 2. The number of hydrogen-bond acceptors (Lipinski definition) is 3. The van der Waals surface area contributed by atoms with Gasteiger partial charge in [0, 0.05) is 36.0 Å². The summed E-state index contributed by atoms with van der Waals surface area (Å²) in [4.78, 5) is 32.1. The predicted octanol–water partition coefficient (Wildman–Crippen LogP) is 4.05. The zero-order valence-electron chi connectivity index (χ0n) is 16.7. The highest BCUT2D eigenvalue weighted by atomic mass is 16.2. The van der Waals surface area contributed by atoms with E-state index in [4.69, 9.17) is 0 Å². The van der Waals surface area contributed by atoms with Crippen LogP contribution in [0.3, 0.4) is 0 Å².